The highest BCUT2D eigenvalue weighted by atomic mass is 32.2. The van der Waals surface area contributed by atoms with Crippen LogP contribution in [0.5, 0.6) is 0 Å². The number of halogens is 3. The first kappa shape index (κ1) is 21.6. The topological polar surface area (TPSA) is 66.5 Å². The van der Waals surface area contributed by atoms with Crippen molar-refractivity contribution in [1.29, 1.82) is 0 Å². The normalized spacial score (nSPS) is 15.8. The Morgan fingerprint density at radius 1 is 1.13 bits per heavy atom. The number of benzene rings is 2. The number of imide groups is 1. The van der Waals surface area contributed by atoms with Gasteiger partial charge in [-0.15, -0.1) is 0 Å². The number of alkyl halides is 3. The summed E-state index contributed by atoms with van der Waals surface area (Å²) in [5.74, 6) is -1.27. The van der Waals surface area contributed by atoms with Crippen molar-refractivity contribution in [2.45, 2.75) is 20.0 Å². The average molecular weight is 434 g/mol. The summed E-state index contributed by atoms with van der Waals surface area (Å²) in [4.78, 5) is 37.8. The average Bonchev–Trinajstić information content (AvgIpc) is 2.91. The molecule has 9 heteroatoms. The Kier molecular flexibility index (Phi) is 6.02. The molecule has 1 fully saturated rings. The largest absolute Gasteiger partial charge is 0.416 e. The third-order valence-corrected chi connectivity index (χ3v) is 5.26. The van der Waals surface area contributed by atoms with Gasteiger partial charge in [-0.25, -0.2) is 0 Å². The predicted octanol–water partition coefficient (Wildman–Crippen LogP) is 5.00. The minimum absolute atomic E-state index is 0.0427. The molecule has 3 amide bonds. The number of thioether (sulfide) groups is 1. The number of carbonyl (C=O) groups is 3. The second-order valence-corrected chi connectivity index (χ2v) is 7.75. The first-order valence-electron chi connectivity index (χ1n) is 8.84. The van der Waals surface area contributed by atoms with E-state index in [2.05, 4.69) is 5.32 Å². The molecule has 0 atom stereocenters. The molecule has 0 saturated carbocycles. The van der Waals surface area contributed by atoms with Crippen molar-refractivity contribution < 1.29 is 27.6 Å². The molecule has 30 heavy (non-hydrogen) atoms. The lowest BCUT2D eigenvalue weighted by Crippen LogP contribution is -2.36. The van der Waals surface area contributed by atoms with Gasteiger partial charge in [0.15, 0.2) is 0 Å². The van der Waals surface area contributed by atoms with Gasteiger partial charge in [0.25, 0.3) is 11.1 Å². The zero-order chi connectivity index (χ0) is 22.1. The molecular weight excluding hydrogens is 417 g/mol. The number of hydrogen-bond donors (Lipinski definition) is 1. The van der Waals surface area contributed by atoms with E-state index < -0.39 is 35.3 Å². The van der Waals surface area contributed by atoms with E-state index in [0.717, 1.165) is 28.2 Å². The van der Waals surface area contributed by atoms with E-state index in [-0.39, 0.29) is 10.5 Å². The fraction of sp³-hybridized carbons (Fsp3) is 0.190. The Bertz CT molecular complexity index is 1060. The number of aryl methyl sites for hydroxylation is 2. The van der Waals surface area contributed by atoms with E-state index in [1.165, 1.54) is 18.2 Å². The molecule has 1 aliphatic heterocycles. The van der Waals surface area contributed by atoms with Crippen LogP contribution in [0.3, 0.4) is 0 Å². The van der Waals surface area contributed by atoms with Crippen molar-refractivity contribution in [1.82, 2.24) is 4.90 Å². The molecule has 156 valence electrons. The van der Waals surface area contributed by atoms with Crippen molar-refractivity contribution in [2.24, 2.45) is 0 Å². The summed E-state index contributed by atoms with van der Waals surface area (Å²) >= 11 is 0.581. The molecule has 1 aliphatic rings. The lowest BCUT2D eigenvalue weighted by atomic mass is 10.1. The van der Waals surface area contributed by atoms with E-state index >= 15 is 0 Å². The van der Waals surface area contributed by atoms with Gasteiger partial charge in [0.05, 0.1) is 10.5 Å². The lowest BCUT2D eigenvalue weighted by molar-refractivity contribution is -0.137. The quantitative estimate of drug-likeness (QED) is 0.688. The Morgan fingerprint density at radius 2 is 1.87 bits per heavy atom. The Balaban J connectivity index is 1.74. The molecule has 0 unspecified atom stereocenters. The highest BCUT2D eigenvalue weighted by molar-refractivity contribution is 8.18. The van der Waals surface area contributed by atoms with E-state index in [1.54, 1.807) is 6.07 Å². The summed E-state index contributed by atoms with van der Waals surface area (Å²) in [6.45, 7) is 3.19. The molecular formula is C21H17F3N2O3S. The molecule has 0 radical (unpaired) electrons. The van der Waals surface area contributed by atoms with Crippen LogP contribution in [0.1, 0.15) is 22.3 Å². The first-order valence-corrected chi connectivity index (χ1v) is 9.66. The van der Waals surface area contributed by atoms with E-state index in [9.17, 15) is 27.6 Å². The minimum Gasteiger partial charge on any atom is -0.324 e. The van der Waals surface area contributed by atoms with Crippen LogP contribution in [0, 0.1) is 13.8 Å². The minimum atomic E-state index is -4.52. The molecule has 3 rings (SSSR count). The van der Waals surface area contributed by atoms with Crippen LogP contribution in [-0.2, 0) is 15.8 Å². The van der Waals surface area contributed by atoms with Gasteiger partial charge in [-0.1, -0.05) is 24.3 Å². The van der Waals surface area contributed by atoms with Gasteiger partial charge >= 0.3 is 6.18 Å². The Morgan fingerprint density at radius 3 is 2.57 bits per heavy atom. The maximum Gasteiger partial charge on any atom is 0.416 e. The fourth-order valence-corrected chi connectivity index (χ4v) is 3.63. The monoisotopic (exact) mass is 434 g/mol. The second kappa shape index (κ2) is 8.35. The number of nitrogens with zero attached hydrogens (tertiary/aromatic N) is 1. The Labute approximate surface area is 174 Å². The van der Waals surface area contributed by atoms with Crippen molar-refractivity contribution in [3.8, 4) is 0 Å². The molecule has 0 aromatic heterocycles. The highest BCUT2D eigenvalue weighted by Crippen LogP contribution is 2.34. The first-order chi connectivity index (χ1) is 14.0. The molecule has 0 spiro atoms. The molecule has 2 aromatic rings. The Hall–Kier alpha value is -3.07. The number of hydrogen-bond acceptors (Lipinski definition) is 4. The van der Waals surface area contributed by atoms with Crippen molar-refractivity contribution in [3.05, 3.63) is 69.6 Å². The molecule has 1 N–H and O–H groups in total. The third kappa shape index (κ3) is 4.91. The van der Waals surface area contributed by atoms with Crippen LogP contribution in [0.2, 0.25) is 0 Å². The number of anilines is 1. The van der Waals surface area contributed by atoms with Crippen molar-refractivity contribution in [2.75, 3.05) is 11.9 Å². The van der Waals surface area contributed by atoms with Gasteiger partial charge in [-0.2, -0.15) is 13.2 Å². The van der Waals surface area contributed by atoms with Gasteiger partial charge in [-0.05, 0) is 66.6 Å². The smallest absolute Gasteiger partial charge is 0.324 e. The van der Waals surface area contributed by atoms with Crippen LogP contribution in [0.15, 0.2) is 47.4 Å². The molecule has 0 bridgehead atoms. The third-order valence-electron chi connectivity index (χ3n) is 4.35. The van der Waals surface area contributed by atoms with E-state index in [4.69, 9.17) is 0 Å². The highest BCUT2D eigenvalue weighted by Gasteiger charge is 2.36. The summed E-state index contributed by atoms with van der Waals surface area (Å²) in [5.41, 5.74) is 1.61. The zero-order valence-electron chi connectivity index (χ0n) is 16.0. The lowest BCUT2D eigenvalue weighted by Gasteiger charge is -2.14. The van der Waals surface area contributed by atoms with Gasteiger partial charge in [0, 0.05) is 5.69 Å². The van der Waals surface area contributed by atoms with Crippen LogP contribution < -0.4 is 5.32 Å². The standard InChI is InChI=1S/C21H17F3N2O3S/c1-12-6-7-13(2)16(8-12)25-18(27)11-26-19(28)17(30-20(26)29)10-14-4-3-5-15(9-14)21(22,23)24/h3-10H,11H2,1-2H3,(H,25,27)/b17-10+. The summed E-state index contributed by atoms with van der Waals surface area (Å²) in [6, 6.07) is 9.92. The number of rotatable bonds is 4. The summed E-state index contributed by atoms with van der Waals surface area (Å²) < 4.78 is 38.6. The molecule has 2 aromatic carbocycles. The van der Waals surface area contributed by atoms with E-state index in [1.807, 2.05) is 26.0 Å². The number of amides is 3. The SMILES string of the molecule is Cc1ccc(C)c(NC(=O)CN2C(=O)S/C(=C/c3cccc(C(F)(F)F)c3)C2=O)c1. The summed E-state index contributed by atoms with van der Waals surface area (Å²) in [6.07, 6.45) is -3.31. The van der Waals surface area contributed by atoms with Gasteiger partial charge < -0.3 is 5.32 Å². The predicted molar refractivity (Wildman–Crippen MR) is 109 cm³/mol. The molecule has 1 heterocycles. The molecule has 5 nitrogen and oxygen atoms in total. The number of carbonyl (C=O) groups excluding carboxylic acids is 3. The van der Waals surface area contributed by atoms with Crippen LogP contribution in [-0.4, -0.2) is 28.5 Å². The van der Waals surface area contributed by atoms with Crippen LogP contribution in [0.25, 0.3) is 6.08 Å². The van der Waals surface area contributed by atoms with Gasteiger partial charge in [0.2, 0.25) is 5.91 Å². The van der Waals surface area contributed by atoms with Gasteiger partial charge in [-0.3, -0.25) is 19.3 Å². The van der Waals surface area contributed by atoms with E-state index in [0.29, 0.717) is 17.4 Å². The van der Waals surface area contributed by atoms with Crippen molar-refractivity contribution in [3.63, 3.8) is 0 Å². The zero-order valence-corrected chi connectivity index (χ0v) is 16.9. The maximum absolute atomic E-state index is 12.9. The number of nitrogens with one attached hydrogen (secondary N) is 1. The van der Waals surface area contributed by atoms with Crippen molar-refractivity contribution >= 4 is 40.6 Å². The fourth-order valence-electron chi connectivity index (χ4n) is 2.80. The summed E-state index contributed by atoms with van der Waals surface area (Å²) in [7, 11) is 0. The molecule has 0 aliphatic carbocycles. The maximum atomic E-state index is 12.9. The summed E-state index contributed by atoms with van der Waals surface area (Å²) in [5, 5.41) is 2.01. The van der Waals surface area contributed by atoms with Crippen LogP contribution >= 0.6 is 11.8 Å². The molecule has 1 saturated heterocycles. The van der Waals surface area contributed by atoms with Gasteiger partial charge in [0.1, 0.15) is 6.54 Å². The second-order valence-electron chi connectivity index (χ2n) is 6.76. The van der Waals surface area contributed by atoms with Crippen LogP contribution in [0.4, 0.5) is 23.7 Å².